The highest BCUT2D eigenvalue weighted by Gasteiger charge is 2.02. The largest absolute Gasteiger partial charge is 0.244 e. The van der Waals surface area contributed by atoms with Crippen molar-refractivity contribution >= 4 is 38.0 Å². The van der Waals surface area contributed by atoms with Crippen molar-refractivity contribution < 1.29 is 0 Å². The summed E-state index contributed by atoms with van der Waals surface area (Å²) in [6, 6.07) is 13.8. The molecule has 0 radical (unpaired) electrons. The molecule has 72 valence electrons. The van der Waals surface area contributed by atoms with Crippen LogP contribution in [0.2, 0.25) is 0 Å². The van der Waals surface area contributed by atoms with E-state index in [9.17, 15) is 0 Å². The number of benzene rings is 2. The van der Waals surface area contributed by atoms with Gasteiger partial charge in [-0.2, -0.15) is 0 Å². The molecule has 0 aliphatic carbocycles. The molecule has 0 bridgehead atoms. The number of rotatable bonds is 0. The SMILES string of the molecule is Brc1cccc2nc3ccccc3nc12. The highest BCUT2D eigenvalue weighted by Crippen LogP contribution is 2.22. The average molecular weight is 259 g/mol. The molecule has 1 heterocycles. The summed E-state index contributed by atoms with van der Waals surface area (Å²) in [6.45, 7) is 0. The molecule has 3 heteroatoms. The third kappa shape index (κ3) is 1.39. The van der Waals surface area contributed by atoms with Gasteiger partial charge in [0.15, 0.2) is 0 Å². The minimum absolute atomic E-state index is 0.913. The summed E-state index contributed by atoms with van der Waals surface area (Å²) in [5.74, 6) is 0. The van der Waals surface area contributed by atoms with Gasteiger partial charge >= 0.3 is 0 Å². The first kappa shape index (κ1) is 8.80. The molecule has 0 aliphatic rings. The summed E-state index contributed by atoms with van der Waals surface area (Å²) in [4.78, 5) is 9.11. The monoisotopic (exact) mass is 258 g/mol. The van der Waals surface area contributed by atoms with Gasteiger partial charge in [-0.3, -0.25) is 0 Å². The summed E-state index contributed by atoms with van der Waals surface area (Å²) in [7, 11) is 0. The fourth-order valence-electron chi connectivity index (χ4n) is 1.61. The first-order valence-electron chi connectivity index (χ1n) is 4.65. The Morgan fingerprint density at radius 3 is 2.20 bits per heavy atom. The lowest BCUT2D eigenvalue weighted by molar-refractivity contribution is 1.39. The van der Waals surface area contributed by atoms with Crippen LogP contribution in [0.4, 0.5) is 0 Å². The molecular formula is C12H7BrN2. The van der Waals surface area contributed by atoms with Gasteiger partial charge in [0.2, 0.25) is 0 Å². The Morgan fingerprint density at radius 1 is 0.733 bits per heavy atom. The molecule has 0 fully saturated rings. The van der Waals surface area contributed by atoms with Gasteiger partial charge in [0.05, 0.1) is 16.6 Å². The quantitative estimate of drug-likeness (QED) is 0.577. The molecule has 0 saturated carbocycles. The Morgan fingerprint density at radius 2 is 1.40 bits per heavy atom. The normalized spacial score (nSPS) is 11.0. The fourth-order valence-corrected chi connectivity index (χ4v) is 2.05. The summed E-state index contributed by atoms with van der Waals surface area (Å²) in [6.07, 6.45) is 0. The second-order valence-corrected chi connectivity index (χ2v) is 4.17. The Kier molecular flexibility index (Phi) is 1.92. The van der Waals surface area contributed by atoms with Crippen LogP contribution < -0.4 is 0 Å². The predicted octanol–water partition coefficient (Wildman–Crippen LogP) is 3.55. The molecule has 0 amide bonds. The van der Waals surface area contributed by atoms with Crippen molar-refractivity contribution in [1.29, 1.82) is 0 Å². The lowest BCUT2D eigenvalue weighted by atomic mass is 10.2. The Balaban J connectivity index is 2.53. The van der Waals surface area contributed by atoms with Crippen LogP contribution in [0.25, 0.3) is 22.1 Å². The number of nitrogens with zero attached hydrogens (tertiary/aromatic N) is 2. The van der Waals surface area contributed by atoms with E-state index in [4.69, 9.17) is 0 Å². The molecule has 3 rings (SSSR count). The summed E-state index contributed by atoms with van der Waals surface area (Å²) < 4.78 is 0.984. The number of hydrogen-bond donors (Lipinski definition) is 0. The second-order valence-electron chi connectivity index (χ2n) is 3.32. The van der Waals surface area contributed by atoms with Crippen molar-refractivity contribution in [2.45, 2.75) is 0 Å². The summed E-state index contributed by atoms with van der Waals surface area (Å²) in [5, 5.41) is 0. The average Bonchev–Trinajstić information content (AvgIpc) is 2.27. The van der Waals surface area contributed by atoms with Crippen LogP contribution in [0.15, 0.2) is 46.9 Å². The van der Waals surface area contributed by atoms with E-state index in [-0.39, 0.29) is 0 Å². The molecule has 1 aromatic heterocycles. The number of fused-ring (bicyclic) bond motifs is 2. The number of hydrogen-bond acceptors (Lipinski definition) is 2. The van der Waals surface area contributed by atoms with Gasteiger partial charge in [-0.15, -0.1) is 0 Å². The van der Waals surface area contributed by atoms with Crippen LogP contribution >= 0.6 is 15.9 Å². The van der Waals surface area contributed by atoms with Crippen LogP contribution in [0.1, 0.15) is 0 Å². The van der Waals surface area contributed by atoms with E-state index in [0.717, 1.165) is 26.5 Å². The summed E-state index contributed by atoms with van der Waals surface area (Å²) in [5.41, 5.74) is 3.69. The minimum atomic E-state index is 0.913. The predicted molar refractivity (Wildman–Crippen MR) is 64.7 cm³/mol. The zero-order valence-electron chi connectivity index (χ0n) is 7.81. The van der Waals surface area contributed by atoms with Crippen molar-refractivity contribution in [3.8, 4) is 0 Å². The van der Waals surface area contributed by atoms with E-state index in [1.165, 1.54) is 0 Å². The van der Waals surface area contributed by atoms with Crippen LogP contribution in [0, 0.1) is 0 Å². The molecule has 15 heavy (non-hydrogen) atoms. The maximum Gasteiger partial charge on any atom is 0.104 e. The topological polar surface area (TPSA) is 25.8 Å². The van der Waals surface area contributed by atoms with Crippen LogP contribution in [0.3, 0.4) is 0 Å². The van der Waals surface area contributed by atoms with Crippen molar-refractivity contribution in [2.24, 2.45) is 0 Å². The standard InChI is InChI=1S/C12H7BrN2/c13-8-4-3-7-11-12(8)15-10-6-2-1-5-9(10)14-11/h1-7H. The van der Waals surface area contributed by atoms with Gasteiger partial charge in [0.1, 0.15) is 5.52 Å². The number of aromatic nitrogens is 2. The maximum absolute atomic E-state index is 4.57. The van der Waals surface area contributed by atoms with Gasteiger partial charge < -0.3 is 0 Å². The first-order chi connectivity index (χ1) is 7.34. The van der Waals surface area contributed by atoms with Crippen LogP contribution in [0.5, 0.6) is 0 Å². The van der Waals surface area contributed by atoms with Gasteiger partial charge in [0, 0.05) is 4.47 Å². The Labute approximate surface area is 95.1 Å². The van der Waals surface area contributed by atoms with Crippen molar-refractivity contribution in [1.82, 2.24) is 9.97 Å². The smallest absolute Gasteiger partial charge is 0.104 e. The fraction of sp³-hybridized carbons (Fsp3) is 0. The maximum atomic E-state index is 4.57. The third-order valence-electron chi connectivity index (χ3n) is 2.32. The first-order valence-corrected chi connectivity index (χ1v) is 5.45. The zero-order valence-corrected chi connectivity index (χ0v) is 9.40. The van der Waals surface area contributed by atoms with E-state index in [1.807, 2.05) is 42.5 Å². The van der Waals surface area contributed by atoms with E-state index < -0.39 is 0 Å². The highest BCUT2D eigenvalue weighted by atomic mass is 79.9. The lowest BCUT2D eigenvalue weighted by Gasteiger charge is -2.01. The van der Waals surface area contributed by atoms with Gasteiger partial charge in [-0.05, 0) is 40.2 Å². The lowest BCUT2D eigenvalue weighted by Crippen LogP contribution is -1.87. The Hall–Kier alpha value is -1.48. The summed E-state index contributed by atoms with van der Waals surface area (Å²) >= 11 is 3.48. The van der Waals surface area contributed by atoms with Gasteiger partial charge in [-0.25, -0.2) is 9.97 Å². The molecular weight excluding hydrogens is 252 g/mol. The molecule has 3 aromatic rings. The van der Waals surface area contributed by atoms with Crippen molar-refractivity contribution in [2.75, 3.05) is 0 Å². The van der Waals surface area contributed by atoms with Gasteiger partial charge in [0.25, 0.3) is 0 Å². The molecule has 2 nitrogen and oxygen atoms in total. The van der Waals surface area contributed by atoms with Gasteiger partial charge in [-0.1, -0.05) is 18.2 Å². The third-order valence-corrected chi connectivity index (χ3v) is 2.96. The Bertz CT molecular complexity index is 649. The minimum Gasteiger partial charge on any atom is -0.244 e. The second kappa shape index (κ2) is 3.28. The molecule has 0 N–H and O–H groups in total. The van der Waals surface area contributed by atoms with Crippen molar-refractivity contribution in [3.05, 3.63) is 46.9 Å². The molecule has 2 aromatic carbocycles. The number of para-hydroxylation sites is 3. The van der Waals surface area contributed by atoms with E-state index >= 15 is 0 Å². The van der Waals surface area contributed by atoms with E-state index in [1.54, 1.807) is 0 Å². The zero-order chi connectivity index (χ0) is 10.3. The molecule has 0 atom stereocenters. The molecule has 0 saturated heterocycles. The van der Waals surface area contributed by atoms with Crippen LogP contribution in [-0.2, 0) is 0 Å². The number of halogens is 1. The van der Waals surface area contributed by atoms with E-state index in [2.05, 4.69) is 25.9 Å². The van der Waals surface area contributed by atoms with E-state index in [0.29, 0.717) is 0 Å². The van der Waals surface area contributed by atoms with Crippen LogP contribution in [-0.4, -0.2) is 9.97 Å². The molecule has 0 spiro atoms. The van der Waals surface area contributed by atoms with Crippen molar-refractivity contribution in [3.63, 3.8) is 0 Å². The molecule has 0 unspecified atom stereocenters. The highest BCUT2D eigenvalue weighted by molar-refractivity contribution is 9.10. The molecule has 0 aliphatic heterocycles.